The molecule has 0 aromatic heterocycles. The zero-order chi connectivity index (χ0) is 45.5. The van der Waals surface area contributed by atoms with Crippen LogP contribution in [0.25, 0.3) is 0 Å². The molecule has 0 bridgehead atoms. The van der Waals surface area contributed by atoms with Gasteiger partial charge in [-0.2, -0.15) is 0 Å². The minimum absolute atomic E-state index is 0.248. The van der Waals surface area contributed by atoms with Crippen molar-refractivity contribution in [2.75, 3.05) is 13.2 Å². The van der Waals surface area contributed by atoms with E-state index in [9.17, 15) is 40.5 Å². The largest absolute Gasteiger partial charge is 0.394 e. The molecule has 0 aromatic carbocycles. The van der Waals surface area contributed by atoms with E-state index in [1.165, 1.54) is 128 Å². The van der Waals surface area contributed by atoms with Crippen molar-refractivity contribution in [2.45, 2.75) is 281 Å². The second-order valence-corrected chi connectivity index (χ2v) is 18.2. The highest BCUT2D eigenvalue weighted by atomic mass is 16.7. The monoisotopic (exact) mass is 884 g/mol. The smallest absolute Gasteiger partial charge is 0.249 e. The summed E-state index contributed by atoms with van der Waals surface area (Å²) in [5, 5.41) is 75.8. The van der Waals surface area contributed by atoms with Crippen molar-refractivity contribution in [2.24, 2.45) is 0 Å². The van der Waals surface area contributed by atoms with Gasteiger partial charge < -0.3 is 50.5 Å². The maximum atomic E-state index is 13.1. The van der Waals surface area contributed by atoms with Gasteiger partial charge in [0.2, 0.25) is 5.91 Å². The van der Waals surface area contributed by atoms with E-state index in [2.05, 4.69) is 43.5 Å². The number of carbonyl (C=O) groups excluding carboxylic acids is 1. The number of aliphatic hydroxyl groups is 7. The van der Waals surface area contributed by atoms with Crippen molar-refractivity contribution in [1.29, 1.82) is 0 Å². The zero-order valence-corrected chi connectivity index (χ0v) is 39.6. The van der Waals surface area contributed by atoms with Crippen LogP contribution in [0.2, 0.25) is 0 Å². The molecule has 9 atom stereocenters. The lowest BCUT2D eigenvalue weighted by Crippen LogP contribution is -2.60. The van der Waals surface area contributed by atoms with Gasteiger partial charge in [0.15, 0.2) is 6.29 Å². The summed E-state index contributed by atoms with van der Waals surface area (Å²) in [6.07, 6.45) is 35.1. The van der Waals surface area contributed by atoms with E-state index < -0.39 is 74.2 Å². The van der Waals surface area contributed by atoms with Gasteiger partial charge in [-0.1, -0.05) is 186 Å². The van der Waals surface area contributed by atoms with Crippen molar-refractivity contribution < 1.29 is 50.0 Å². The highest BCUT2D eigenvalue weighted by Crippen LogP contribution is 2.23. The molecule has 1 amide bonds. The third-order valence-electron chi connectivity index (χ3n) is 12.5. The zero-order valence-electron chi connectivity index (χ0n) is 39.6. The fraction of sp³-hybridized carbons (Fsp3) is 0.902. The molecule has 0 spiro atoms. The predicted octanol–water partition coefficient (Wildman–Crippen LogP) is 9.40. The number of nitrogens with one attached hydrogen (secondary N) is 1. The van der Waals surface area contributed by atoms with Crippen LogP contribution in [0.4, 0.5) is 0 Å². The Balaban J connectivity index is 2.42. The van der Waals surface area contributed by atoms with Crippen LogP contribution in [0, 0.1) is 0 Å². The van der Waals surface area contributed by atoms with Crippen LogP contribution in [0.1, 0.15) is 226 Å². The molecule has 8 N–H and O–H groups in total. The standard InChI is InChI=1S/C51H97NO10/c1-3-5-7-9-11-13-15-17-19-21-22-23-25-26-28-30-32-34-36-38-43(54)46(56)42(41-61-51-49(59)48(58)47(57)45(40-53)62-51)52-50(60)44(55)39-37-35-33-31-29-27-24-20-18-16-14-12-10-8-6-4-2/h18,20,30,32,42-49,51,53-59H,3-17,19,21-29,31,33-41H2,1-2H3,(H,52,60)/b20-18-,32-30+. The van der Waals surface area contributed by atoms with Crippen molar-refractivity contribution in [3.63, 3.8) is 0 Å². The van der Waals surface area contributed by atoms with Crippen LogP contribution in [0.3, 0.4) is 0 Å². The minimum Gasteiger partial charge on any atom is -0.394 e. The van der Waals surface area contributed by atoms with Crippen molar-refractivity contribution >= 4 is 5.91 Å². The van der Waals surface area contributed by atoms with Gasteiger partial charge in [0.25, 0.3) is 0 Å². The van der Waals surface area contributed by atoms with Gasteiger partial charge in [0, 0.05) is 0 Å². The highest BCUT2D eigenvalue weighted by molar-refractivity contribution is 5.80. The Kier molecular flexibility index (Phi) is 38.8. The molecule has 1 saturated heterocycles. The van der Waals surface area contributed by atoms with Crippen LogP contribution in [-0.4, -0.2) is 110 Å². The molecule has 0 radical (unpaired) electrons. The number of hydrogen-bond donors (Lipinski definition) is 8. The Hall–Kier alpha value is -1.41. The SMILES string of the molecule is CCCCCCCC/C=C\CCCCCCCCC(O)C(=O)NC(COC1OC(CO)C(O)C(O)C1O)C(O)C(O)CCC/C=C/CCCCCCCCCCCCCCCC. The predicted molar refractivity (Wildman–Crippen MR) is 252 cm³/mol. The van der Waals surface area contributed by atoms with Gasteiger partial charge in [0.05, 0.1) is 25.4 Å². The molecule has 9 unspecified atom stereocenters. The third-order valence-corrected chi connectivity index (χ3v) is 12.5. The normalized spacial score (nSPS) is 21.5. The quantitative estimate of drug-likeness (QED) is 0.0216. The van der Waals surface area contributed by atoms with Crippen LogP contribution in [-0.2, 0) is 14.3 Å². The lowest BCUT2D eigenvalue weighted by atomic mass is 9.98. The second kappa shape index (κ2) is 41.1. The molecule has 0 aromatic rings. The van der Waals surface area contributed by atoms with Crippen molar-refractivity contribution in [1.82, 2.24) is 5.32 Å². The van der Waals surface area contributed by atoms with Crippen LogP contribution < -0.4 is 5.32 Å². The molecule has 62 heavy (non-hydrogen) atoms. The number of hydrogen-bond acceptors (Lipinski definition) is 10. The minimum atomic E-state index is -1.67. The Morgan fingerprint density at radius 1 is 0.548 bits per heavy atom. The van der Waals surface area contributed by atoms with E-state index in [0.717, 1.165) is 57.8 Å². The molecular weight excluding hydrogens is 787 g/mol. The van der Waals surface area contributed by atoms with Crippen molar-refractivity contribution in [3.8, 4) is 0 Å². The summed E-state index contributed by atoms with van der Waals surface area (Å²) in [6, 6.07) is -1.18. The van der Waals surface area contributed by atoms with E-state index in [1.807, 2.05) is 0 Å². The first-order valence-electron chi connectivity index (χ1n) is 25.7. The van der Waals surface area contributed by atoms with Gasteiger partial charge in [-0.3, -0.25) is 4.79 Å². The molecule has 366 valence electrons. The topological polar surface area (TPSA) is 189 Å². The lowest BCUT2D eigenvalue weighted by Gasteiger charge is -2.40. The molecular formula is C51H97NO10. The summed E-state index contributed by atoms with van der Waals surface area (Å²) in [5.41, 5.74) is 0. The summed E-state index contributed by atoms with van der Waals surface area (Å²) >= 11 is 0. The fourth-order valence-corrected chi connectivity index (χ4v) is 8.20. The average molecular weight is 884 g/mol. The Bertz CT molecular complexity index is 1060. The second-order valence-electron chi connectivity index (χ2n) is 18.2. The number of rotatable bonds is 43. The molecule has 11 heteroatoms. The number of amides is 1. The Morgan fingerprint density at radius 3 is 1.39 bits per heavy atom. The average Bonchev–Trinajstić information content (AvgIpc) is 3.27. The molecule has 1 rings (SSSR count). The summed E-state index contributed by atoms with van der Waals surface area (Å²) in [4.78, 5) is 13.1. The maximum Gasteiger partial charge on any atom is 0.249 e. The van der Waals surface area contributed by atoms with E-state index in [0.29, 0.717) is 12.8 Å². The molecule has 0 saturated carbocycles. The van der Waals surface area contributed by atoms with E-state index >= 15 is 0 Å². The summed E-state index contributed by atoms with van der Waals surface area (Å²) in [7, 11) is 0. The first-order chi connectivity index (χ1) is 30.2. The summed E-state index contributed by atoms with van der Waals surface area (Å²) in [6.45, 7) is 3.43. The Labute approximate surface area is 378 Å². The number of aliphatic hydroxyl groups excluding tert-OH is 7. The lowest BCUT2D eigenvalue weighted by molar-refractivity contribution is -0.303. The van der Waals surface area contributed by atoms with Crippen LogP contribution in [0.5, 0.6) is 0 Å². The molecule has 1 fully saturated rings. The van der Waals surface area contributed by atoms with E-state index in [4.69, 9.17) is 9.47 Å². The summed E-state index contributed by atoms with van der Waals surface area (Å²) < 4.78 is 11.1. The summed E-state index contributed by atoms with van der Waals surface area (Å²) in [5.74, 6) is -0.710. The van der Waals surface area contributed by atoms with E-state index in [-0.39, 0.29) is 12.8 Å². The van der Waals surface area contributed by atoms with Gasteiger partial charge in [-0.05, 0) is 64.2 Å². The number of ether oxygens (including phenoxy) is 2. The van der Waals surface area contributed by atoms with Gasteiger partial charge in [0.1, 0.15) is 36.6 Å². The molecule has 11 nitrogen and oxygen atoms in total. The number of carbonyl (C=O) groups is 1. The first-order valence-corrected chi connectivity index (χ1v) is 25.7. The molecule has 1 aliphatic heterocycles. The first kappa shape index (κ1) is 58.6. The number of unbranched alkanes of at least 4 members (excludes halogenated alkanes) is 27. The molecule has 0 aliphatic carbocycles. The van der Waals surface area contributed by atoms with Gasteiger partial charge in [-0.25, -0.2) is 0 Å². The highest BCUT2D eigenvalue weighted by Gasteiger charge is 2.44. The van der Waals surface area contributed by atoms with Gasteiger partial charge in [-0.15, -0.1) is 0 Å². The molecule has 1 heterocycles. The fourth-order valence-electron chi connectivity index (χ4n) is 8.20. The van der Waals surface area contributed by atoms with Crippen LogP contribution >= 0.6 is 0 Å². The Morgan fingerprint density at radius 2 is 0.952 bits per heavy atom. The van der Waals surface area contributed by atoms with Crippen molar-refractivity contribution in [3.05, 3.63) is 24.3 Å². The maximum absolute atomic E-state index is 13.1. The number of allylic oxidation sites excluding steroid dienone is 4. The molecule has 1 aliphatic rings. The van der Waals surface area contributed by atoms with Gasteiger partial charge >= 0.3 is 0 Å². The van der Waals surface area contributed by atoms with E-state index in [1.54, 1.807) is 0 Å². The third kappa shape index (κ3) is 29.9. The van der Waals surface area contributed by atoms with Crippen LogP contribution in [0.15, 0.2) is 24.3 Å².